The molecular formula is C21H15F4N5O5. The van der Waals surface area contributed by atoms with E-state index in [2.05, 4.69) is 25.4 Å². The van der Waals surface area contributed by atoms with E-state index in [1.807, 2.05) is 0 Å². The lowest BCUT2D eigenvalue weighted by Gasteiger charge is -2.12. The molecule has 4 aromatic rings. The van der Waals surface area contributed by atoms with Crippen LogP contribution in [0.15, 0.2) is 45.7 Å². The van der Waals surface area contributed by atoms with Crippen LogP contribution in [0.1, 0.15) is 11.1 Å². The third-order valence-electron chi connectivity index (χ3n) is 4.67. The largest absolute Gasteiger partial charge is 0.505 e. The van der Waals surface area contributed by atoms with Crippen LogP contribution in [0.2, 0.25) is 0 Å². The lowest BCUT2D eigenvalue weighted by atomic mass is 10.2. The second-order valence-electron chi connectivity index (χ2n) is 7.32. The van der Waals surface area contributed by atoms with Gasteiger partial charge in [0, 0.05) is 29.2 Å². The van der Waals surface area contributed by atoms with Gasteiger partial charge in [-0.25, -0.2) is 19.0 Å². The highest BCUT2D eigenvalue weighted by Gasteiger charge is 2.42. The lowest BCUT2D eigenvalue weighted by Crippen LogP contribution is -2.36. The van der Waals surface area contributed by atoms with Gasteiger partial charge >= 0.3 is 17.9 Å². The highest BCUT2D eigenvalue weighted by molar-refractivity contribution is 5.81. The zero-order chi connectivity index (χ0) is 25.5. The van der Waals surface area contributed by atoms with Gasteiger partial charge in [-0.1, -0.05) is 4.73 Å². The minimum atomic E-state index is -5.32. The molecule has 0 radical (unpaired) electrons. The van der Waals surface area contributed by atoms with Crippen LogP contribution < -0.4 is 21.2 Å². The fourth-order valence-electron chi connectivity index (χ4n) is 3.01. The van der Waals surface area contributed by atoms with Gasteiger partial charge in [0.1, 0.15) is 11.3 Å². The van der Waals surface area contributed by atoms with Crippen molar-refractivity contribution in [1.29, 1.82) is 0 Å². The number of nitrogens with one attached hydrogen (secondary N) is 2. The van der Waals surface area contributed by atoms with E-state index in [0.717, 1.165) is 6.07 Å². The molecule has 182 valence electrons. The maximum Gasteiger partial charge on any atom is 0.493 e. The van der Waals surface area contributed by atoms with Crippen molar-refractivity contribution in [3.8, 4) is 5.75 Å². The molecule has 3 N–H and O–H groups in total. The van der Waals surface area contributed by atoms with Crippen LogP contribution in [0.3, 0.4) is 0 Å². The summed E-state index contributed by atoms with van der Waals surface area (Å²) in [6.07, 6.45) is -3.86. The third kappa shape index (κ3) is 4.85. The highest BCUT2D eigenvalue weighted by atomic mass is 19.4. The number of anilines is 4. The number of aryl methyl sites for hydroxylation is 2. The zero-order valence-electron chi connectivity index (χ0n) is 17.9. The molecular weight excluding hydrogens is 478 g/mol. The normalized spacial score (nSPS) is 11.5. The summed E-state index contributed by atoms with van der Waals surface area (Å²) < 4.78 is 56.2. The molecule has 0 bridgehead atoms. The van der Waals surface area contributed by atoms with Crippen LogP contribution >= 0.6 is 0 Å². The first kappa shape index (κ1) is 23.5. The number of aromatic nitrogens is 3. The van der Waals surface area contributed by atoms with Gasteiger partial charge in [0.2, 0.25) is 5.95 Å². The van der Waals surface area contributed by atoms with Crippen molar-refractivity contribution < 1.29 is 36.7 Å². The van der Waals surface area contributed by atoms with E-state index in [9.17, 15) is 32.3 Å². The molecule has 0 atom stereocenters. The molecule has 14 heteroatoms. The molecule has 2 heterocycles. The average molecular weight is 493 g/mol. The fraction of sp³-hybridized carbons (Fsp3) is 0.143. The van der Waals surface area contributed by atoms with Gasteiger partial charge in [-0.05, 0) is 43.7 Å². The summed E-state index contributed by atoms with van der Waals surface area (Å²) in [5.41, 5.74) is 0.999. The molecule has 0 amide bonds. The standard InChI is InChI=1S/C21H15F4N5O5/c1-9-5-12(7-14(31)16(9)22)28-19-26-8-10(2)17(29-19)27-11-3-4-15-13(6-11)30(20(33)34-15)35-18(32)21(23,24)25/h3-8,31H,1-2H3,(H2,26,27,28,29). The Balaban J connectivity index is 1.63. The van der Waals surface area contributed by atoms with E-state index in [4.69, 9.17) is 4.42 Å². The van der Waals surface area contributed by atoms with E-state index < -0.39 is 29.5 Å². The maximum atomic E-state index is 13.6. The number of carbonyl (C=O) groups excluding carboxylic acids is 1. The Morgan fingerprint density at radius 2 is 1.86 bits per heavy atom. The number of phenols is 1. The SMILES string of the molecule is Cc1cnc(Nc2cc(C)c(F)c(O)c2)nc1Nc1ccc2oc(=O)n(OC(=O)C(F)(F)F)c2c1. The Bertz CT molecular complexity index is 1490. The second kappa shape index (κ2) is 8.62. The molecule has 0 aliphatic heterocycles. The number of aromatic hydroxyl groups is 1. The number of hydrogen-bond acceptors (Lipinski definition) is 9. The molecule has 2 aromatic carbocycles. The minimum Gasteiger partial charge on any atom is -0.505 e. The molecule has 2 aromatic heterocycles. The Morgan fingerprint density at radius 3 is 2.54 bits per heavy atom. The number of carbonyl (C=O) groups is 1. The van der Waals surface area contributed by atoms with Crippen molar-refractivity contribution in [2.45, 2.75) is 20.0 Å². The number of oxazole rings is 1. The highest BCUT2D eigenvalue weighted by Crippen LogP contribution is 2.27. The maximum absolute atomic E-state index is 13.6. The van der Waals surface area contributed by atoms with E-state index >= 15 is 0 Å². The van der Waals surface area contributed by atoms with Gasteiger partial charge < -0.3 is 25.0 Å². The molecule has 0 spiro atoms. The molecule has 0 unspecified atom stereocenters. The van der Waals surface area contributed by atoms with Crippen LogP contribution in [0.25, 0.3) is 11.1 Å². The molecule has 10 nitrogen and oxygen atoms in total. The van der Waals surface area contributed by atoms with Gasteiger partial charge in [-0.3, -0.25) is 0 Å². The Kier molecular flexibility index (Phi) is 5.80. The molecule has 4 rings (SSSR count). The van der Waals surface area contributed by atoms with Gasteiger partial charge in [-0.15, -0.1) is 0 Å². The van der Waals surface area contributed by atoms with Crippen molar-refractivity contribution in [2.24, 2.45) is 0 Å². The van der Waals surface area contributed by atoms with Crippen molar-refractivity contribution in [3.63, 3.8) is 0 Å². The molecule has 35 heavy (non-hydrogen) atoms. The summed E-state index contributed by atoms with van der Waals surface area (Å²) in [6.45, 7) is 3.15. The predicted octanol–water partition coefficient (Wildman–Crippen LogP) is 3.85. The van der Waals surface area contributed by atoms with Crippen molar-refractivity contribution >= 4 is 40.2 Å². The number of hydrogen-bond donors (Lipinski definition) is 3. The number of fused-ring (bicyclic) bond motifs is 1. The molecule has 0 saturated carbocycles. The van der Waals surface area contributed by atoms with Crippen molar-refractivity contribution in [2.75, 3.05) is 10.6 Å². The predicted molar refractivity (Wildman–Crippen MR) is 114 cm³/mol. The van der Waals surface area contributed by atoms with E-state index in [1.165, 1.54) is 37.4 Å². The Morgan fingerprint density at radius 1 is 1.11 bits per heavy atom. The first-order valence-electron chi connectivity index (χ1n) is 9.74. The smallest absolute Gasteiger partial charge is 0.493 e. The number of nitrogens with zero attached hydrogens (tertiary/aromatic N) is 3. The number of benzene rings is 2. The number of halogens is 4. The molecule has 0 aliphatic rings. The quantitative estimate of drug-likeness (QED) is 0.355. The van der Waals surface area contributed by atoms with Gasteiger partial charge in [0.25, 0.3) is 0 Å². The topological polar surface area (TPSA) is 132 Å². The van der Waals surface area contributed by atoms with E-state index in [0.29, 0.717) is 11.3 Å². The first-order valence-corrected chi connectivity index (χ1v) is 9.74. The molecule has 0 fully saturated rings. The van der Waals surface area contributed by atoms with Crippen LogP contribution in [0, 0.1) is 19.7 Å². The number of alkyl halides is 3. The van der Waals surface area contributed by atoms with Gasteiger partial charge in [-0.2, -0.15) is 18.2 Å². The number of rotatable bonds is 5. The second-order valence-corrected chi connectivity index (χ2v) is 7.32. The van der Waals surface area contributed by atoms with Crippen LogP contribution in [-0.2, 0) is 4.79 Å². The van der Waals surface area contributed by atoms with E-state index in [-0.39, 0.29) is 38.8 Å². The van der Waals surface area contributed by atoms with Crippen molar-refractivity contribution in [3.05, 3.63) is 64.0 Å². The van der Waals surface area contributed by atoms with Crippen LogP contribution in [-0.4, -0.2) is 32.0 Å². The van der Waals surface area contributed by atoms with Crippen molar-refractivity contribution in [1.82, 2.24) is 14.7 Å². The Hall–Kier alpha value is -4.62. The van der Waals surface area contributed by atoms with Gasteiger partial charge in [0.05, 0.1) is 0 Å². The van der Waals surface area contributed by atoms with Gasteiger partial charge in [0.15, 0.2) is 17.1 Å². The summed E-state index contributed by atoms with van der Waals surface area (Å²) in [4.78, 5) is 35.6. The molecule has 0 saturated heterocycles. The van der Waals surface area contributed by atoms with Crippen LogP contribution in [0.4, 0.5) is 40.7 Å². The molecule has 0 aliphatic carbocycles. The summed E-state index contributed by atoms with van der Waals surface area (Å²) in [5, 5.41) is 15.4. The monoisotopic (exact) mass is 493 g/mol. The zero-order valence-corrected chi connectivity index (χ0v) is 17.9. The summed E-state index contributed by atoms with van der Waals surface area (Å²) in [6, 6.07) is 6.57. The van der Waals surface area contributed by atoms with Crippen LogP contribution in [0.5, 0.6) is 5.75 Å². The fourth-order valence-corrected chi connectivity index (χ4v) is 3.01. The summed E-state index contributed by atoms with van der Waals surface area (Å²) >= 11 is 0. The summed E-state index contributed by atoms with van der Waals surface area (Å²) in [5.74, 6) is -4.86. The summed E-state index contributed by atoms with van der Waals surface area (Å²) in [7, 11) is 0. The average Bonchev–Trinajstić information content (AvgIpc) is 3.08. The third-order valence-corrected chi connectivity index (χ3v) is 4.67. The Labute approximate surface area is 192 Å². The number of phenolic OH excluding ortho intramolecular Hbond substituents is 1. The first-order chi connectivity index (χ1) is 16.4. The lowest BCUT2D eigenvalue weighted by molar-refractivity contribution is -0.200. The van der Waals surface area contributed by atoms with E-state index in [1.54, 1.807) is 6.92 Å². The minimum absolute atomic E-state index is 0.0870.